The van der Waals surface area contributed by atoms with Gasteiger partial charge in [0.05, 0.1) is 0 Å². The topological polar surface area (TPSA) is 0 Å². The minimum absolute atomic E-state index is 0. The zero-order valence-electron chi connectivity index (χ0n) is 6.89. The van der Waals surface area contributed by atoms with Crippen LogP contribution in [0.1, 0.15) is 19.4 Å². The Morgan fingerprint density at radius 3 is 1.80 bits per heavy atom. The molecule has 0 radical (unpaired) electrons. The van der Waals surface area contributed by atoms with Crippen LogP contribution in [0.2, 0.25) is 0 Å². The first-order chi connectivity index (χ1) is 4.30. The maximum Gasteiger partial charge on any atom is 1.00 e. The fraction of sp³-hybridized carbons (Fsp3) is 0.222. The Morgan fingerprint density at radius 2 is 1.50 bits per heavy atom. The Kier molecular flexibility index (Phi) is 4.88. The summed E-state index contributed by atoms with van der Waals surface area (Å²) in [5.74, 6) is 1.37. The smallest absolute Gasteiger partial charge is 0.189 e. The summed E-state index contributed by atoms with van der Waals surface area (Å²) < 4.78 is 0. The first-order valence-electron chi connectivity index (χ1n) is 3.16. The standard InChI is InChI=1S/C9H11.Na/c1-8(2)9-6-4-3-5-7-9;/h3-7H,1-2H3;/q-1;+1. The van der Waals surface area contributed by atoms with Crippen molar-refractivity contribution in [2.45, 2.75) is 13.8 Å². The Morgan fingerprint density at radius 1 is 1.00 bits per heavy atom. The van der Waals surface area contributed by atoms with Crippen LogP contribution in [-0.2, 0) is 0 Å². The van der Waals surface area contributed by atoms with E-state index in [1.807, 2.05) is 6.07 Å². The van der Waals surface area contributed by atoms with E-state index in [4.69, 9.17) is 0 Å². The van der Waals surface area contributed by atoms with Gasteiger partial charge in [-0.15, -0.1) is 12.1 Å². The van der Waals surface area contributed by atoms with Crippen molar-refractivity contribution < 1.29 is 29.6 Å². The third kappa shape index (κ3) is 2.78. The molecule has 0 fully saturated rings. The summed E-state index contributed by atoms with van der Waals surface area (Å²) in [5.41, 5.74) is 1.33. The molecule has 48 valence electrons. The van der Waals surface area contributed by atoms with Crippen molar-refractivity contribution in [2.75, 3.05) is 0 Å². The molecule has 0 atom stereocenters. The number of benzene rings is 1. The Bertz CT molecular complexity index is 167. The third-order valence-corrected chi connectivity index (χ3v) is 1.35. The first-order valence-corrected chi connectivity index (χ1v) is 3.16. The second-order valence-electron chi connectivity index (χ2n) is 2.37. The van der Waals surface area contributed by atoms with Crippen molar-refractivity contribution >= 4 is 0 Å². The van der Waals surface area contributed by atoms with Crippen LogP contribution in [0.5, 0.6) is 0 Å². The molecular formula is C9H11Na. The molecule has 1 rings (SSSR count). The predicted octanol–water partition coefficient (Wildman–Crippen LogP) is -0.347. The molecule has 0 amide bonds. The maximum atomic E-state index is 2.12. The fourth-order valence-corrected chi connectivity index (χ4v) is 0.771. The van der Waals surface area contributed by atoms with Gasteiger partial charge in [0.25, 0.3) is 0 Å². The van der Waals surface area contributed by atoms with E-state index in [1.165, 1.54) is 11.5 Å². The van der Waals surface area contributed by atoms with Gasteiger partial charge in [-0.1, -0.05) is 19.9 Å². The first kappa shape index (κ1) is 10.1. The molecule has 0 aliphatic carbocycles. The van der Waals surface area contributed by atoms with Gasteiger partial charge in [0.1, 0.15) is 0 Å². The van der Waals surface area contributed by atoms with Gasteiger partial charge in [-0.3, -0.25) is 0 Å². The van der Waals surface area contributed by atoms with E-state index >= 15 is 0 Å². The molecule has 0 saturated carbocycles. The van der Waals surface area contributed by atoms with E-state index in [0.717, 1.165) is 0 Å². The summed E-state index contributed by atoms with van der Waals surface area (Å²) >= 11 is 0. The van der Waals surface area contributed by atoms with Gasteiger partial charge in [-0.05, 0) is 0 Å². The summed E-state index contributed by atoms with van der Waals surface area (Å²) in [6, 6.07) is 10.4. The molecule has 1 aromatic rings. The zero-order chi connectivity index (χ0) is 6.69. The van der Waals surface area contributed by atoms with Crippen LogP contribution in [-0.4, -0.2) is 0 Å². The van der Waals surface area contributed by atoms with Crippen molar-refractivity contribution in [3.8, 4) is 0 Å². The van der Waals surface area contributed by atoms with Gasteiger partial charge in [-0.25, -0.2) is 0 Å². The van der Waals surface area contributed by atoms with Gasteiger partial charge in [-0.2, -0.15) is 23.6 Å². The maximum absolute atomic E-state index is 2.12. The Labute approximate surface area is 84.9 Å². The molecule has 0 unspecified atom stereocenters. The normalized spacial score (nSPS) is 8.20. The van der Waals surface area contributed by atoms with Crippen LogP contribution >= 0.6 is 0 Å². The molecule has 0 spiro atoms. The molecule has 0 aliphatic heterocycles. The van der Waals surface area contributed by atoms with Crippen LogP contribution in [0.3, 0.4) is 0 Å². The molecule has 1 aromatic carbocycles. The van der Waals surface area contributed by atoms with E-state index < -0.39 is 0 Å². The Hall–Kier alpha value is 0.0900. The molecule has 10 heavy (non-hydrogen) atoms. The van der Waals surface area contributed by atoms with Gasteiger partial charge < -0.3 is 0 Å². The molecule has 1 heteroatoms. The van der Waals surface area contributed by atoms with Gasteiger partial charge in [0.2, 0.25) is 0 Å². The van der Waals surface area contributed by atoms with Crippen LogP contribution in [0.15, 0.2) is 30.3 Å². The van der Waals surface area contributed by atoms with Crippen LogP contribution in [0, 0.1) is 5.92 Å². The number of rotatable bonds is 1. The molecule has 0 aliphatic rings. The summed E-state index contributed by atoms with van der Waals surface area (Å²) in [7, 11) is 0. The summed E-state index contributed by atoms with van der Waals surface area (Å²) in [4.78, 5) is 0. The van der Waals surface area contributed by atoms with Crippen LogP contribution in [0.25, 0.3) is 0 Å². The third-order valence-electron chi connectivity index (χ3n) is 1.35. The fourth-order valence-electron chi connectivity index (χ4n) is 0.771. The minimum atomic E-state index is 0. The molecule has 0 N–H and O–H groups in total. The SMILES string of the molecule is C[C-](C)c1ccccc1.[Na+]. The molecule has 0 saturated heterocycles. The second kappa shape index (κ2) is 4.84. The molecular weight excluding hydrogens is 131 g/mol. The van der Waals surface area contributed by atoms with Gasteiger partial charge >= 0.3 is 29.6 Å². The molecule has 0 heterocycles. The van der Waals surface area contributed by atoms with Crippen LogP contribution < -0.4 is 29.6 Å². The van der Waals surface area contributed by atoms with Crippen molar-refractivity contribution in [2.24, 2.45) is 0 Å². The predicted molar refractivity (Wildman–Crippen MR) is 40.1 cm³/mol. The average Bonchev–Trinajstić information content (AvgIpc) is 1.90. The zero-order valence-corrected chi connectivity index (χ0v) is 8.89. The largest absolute Gasteiger partial charge is 1.00 e. The van der Waals surface area contributed by atoms with E-state index in [-0.39, 0.29) is 29.6 Å². The quantitative estimate of drug-likeness (QED) is 0.371. The van der Waals surface area contributed by atoms with Gasteiger partial charge in [0, 0.05) is 0 Å². The number of hydrogen-bond donors (Lipinski definition) is 0. The van der Waals surface area contributed by atoms with Crippen molar-refractivity contribution in [3.63, 3.8) is 0 Å². The molecule has 0 aromatic heterocycles. The van der Waals surface area contributed by atoms with E-state index in [0.29, 0.717) is 0 Å². The van der Waals surface area contributed by atoms with Crippen molar-refractivity contribution in [3.05, 3.63) is 41.8 Å². The second-order valence-corrected chi connectivity index (χ2v) is 2.37. The van der Waals surface area contributed by atoms with Crippen molar-refractivity contribution in [1.29, 1.82) is 0 Å². The molecule has 0 nitrogen and oxygen atoms in total. The molecule has 0 bridgehead atoms. The average molecular weight is 142 g/mol. The van der Waals surface area contributed by atoms with Crippen molar-refractivity contribution in [1.82, 2.24) is 0 Å². The monoisotopic (exact) mass is 142 g/mol. The Balaban J connectivity index is 0.000000810. The van der Waals surface area contributed by atoms with E-state index in [9.17, 15) is 0 Å². The number of hydrogen-bond acceptors (Lipinski definition) is 0. The summed E-state index contributed by atoms with van der Waals surface area (Å²) in [6.07, 6.45) is 0. The summed E-state index contributed by atoms with van der Waals surface area (Å²) in [6.45, 7) is 4.24. The van der Waals surface area contributed by atoms with E-state index in [1.54, 1.807) is 0 Å². The van der Waals surface area contributed by atoms with Crippen LogP contribution in [0.4, 0.5) is 0 Å². The van der Waals surface area contributed by atoms with Gasteiger partial charge in [0.15, 0.2) is 0 Å². The minimum Gasteiger partial charge on any atom is -0.189 e. The summed E-state index contributed by atoms with van der Waals surface area (Å²) in [5, 5.41) is 0. The van der Waals surface area contributed by atoms with E-state index in [2.05, 4.69) is 38.1 Å².